The zero-order valence-corrected chi connectivity index (χ0v) is 7.00. The SMILES string of the molecule is NC1=CCN(c2ccccc2F)N1. The summed E-state index contributed by atoms with van der Waals surface area (Å²) in [5.41, 5.74) is 8.85. The summed E-state index contributed by atoms with van der Waals surface area (Å²) in [6.07, 6.45) is 1.80. The van der Waals surface area contributed by atoms with Crippen LogP contribution in [0.25, 0.3) is 0 Å². The molecule has 0 saturated carbocycles. The van der Waals surface area contributed by atoms with E-state index in [9.17, 15) is 4.39 Å². The molecular weight excluding hydrogens is 169 g/mol. The van der Waals surface area contributed by atoms with Crippen LogP contribution >= 0.6 is 0 Å². The van der Waals surface area contributed by atoms with E-state index in [0.717, 1.165) is 0 Å². The van der Waals surface area contributed by atoms with Gasteiger partial charge >= 0.3 is 0 Å². The second-order valence-corrected chi connectivity index (χ2v) is 2.83. The van der Waals surface area contributed by atoms with Gasteiger partial charge in [0.15, 0.2) is 0 Å². The van der Waals surface area contributed by atoms with Crippen molar-refractivity contribution in [3.63, 3.8) is 0 Å². The summed E-state index contributed by atoms with van der Waals surface area (Å²) >= 11 is 0. The van der Waals surface area contributed by atoms with E-state index in [0.29, 0.717) is 18.1 Å². The number of halogens is 1. The van der Waals surface area contributed by atoms with Gasteiger partial charge in [0.25, 0.3) is 0 Å². The van der Waals surface area contributed by atoms with E-state index in [2.05, 4.69) is 5.43 Å². The quantitative estimate of drug-likeness (QED) is 0.674. The van der Waals surface area contributed by atoms with Gasteiger partial charge in [-0.05, 0) is 18.2 Å². The molecule has 0 fully saturated rings. The van der Waals surface area contributed by atoms with Gasteiger partial charge in [-0.15, -0.1) is 0 Å². The van der Waals surface area contributed by atoms with Crippen LogP contribution in [0.15, 0.2) is 36.2 Å². The topological polar surface area (TPSA) is 41.3 Å². The van der Waals surface area contributed by atoms with Gasteiger partial charge in [0, 0.05) is 0 Å². The van der Waals surface area contributed by atoms with Crippen molar-refractivity contribution in [2.75, 3.05) is 11.6 Å². The highest BCUT2D eigenvalue weighted by atomic mass is 19.1. The number of benzene rings is 1. The van der Waals surface area contributed by atoms with Crippen LogP contribution in [0.5, 0.6) is 0 Å². The van der Waals surface area contributed by atoms with E-state index in [1.807, 2.05) is 0 Å². The summed E-state index contributed by atoms with van der Waals surface area (Å²) in [7, 11) is 0. The van der Waals surface area contributed by atoms with E-state index in [1.54, 1.807) is 29.3 Å². The normalized spacial score (nSPS) is 15.5. The molecule has 68 valence electrons. The van der Waals surface area contributed by atoms with Crippen LogP contribution in [0.2, 0.25) is 0 Å². The molecule has 4 heteroatoms. The van der Waals surface area contributed by atoms with Crippen molar-refractivity contribution < 1.29 is 4.39 Å². The van der Waals surface area contributed by atoms with Crippen LogP contribution < -0.4 is 16.2 Å². The molecule has 0 unspecified atom stereocenters. The third-order valence-corrected chi connectivity index (χ3v) is 1.90. The molecule has 3 N–H and O–H groups in total. The molecule has 0 saturated heterocycles. The summed E-state index contributed by atoms with van der Waals surface area (Å²) in [5.74, 6) is 0.307. The van der Waals surface area contributed by atoms with Gasteiger partial charge in [-0.3, -0.25) is 10.4 Å². The molecule has 1 aliphatic heterocycles. The molecule has 1 aromatic rings. The lowest BCUT2D eigenvalue weighted by Crippen LogP contribution is -2.34. The highest BCUT2D eigenvalue weighted by Gasteiger charge is 2.14. The number of nitrogens with one attached hydrogen (secondary N) is 1. The zero-order chi connectivity index (χ0) is 9.26. The highest BCUT2D eigenvalue weighted by molar-refractivity contribution is 5.49. The number of para-hydroxylation sites is 1. The van der Waals surface area contributed by atoms with Crippen molar-refractivity contribution in [1.29, 1.82) is 0 Å². The van der Waals surface area contributed by atoms with Gasteiger partial charge in [0.2, 0.25) is 0 Å². The summed E-state index contributed by atoms with van der Waals surface area (Å²) in [6.45, 7) is 0.590. The second-order valence-electron chi connectivity index (χ2n) is 2.83. The number of hydrogen-bond acceptors (Lipinski definition) is 3. The fourth-order valence-corrected chi connectivity index (χ4v) is 1.27. The zero-order valence-electron chi connectivity index (χ0n) is 7.00. The molecule has 13 heavy (non-hydrogen) atoms. The van der Waals surface area contributed by atoms with Crippen molar-refractivity contribution in [3.05, 3.63) is 42.0 Å². The first-order valence-electron chi connectivity index (χ1n) is 4.02. The fourth-order valence-electron chi connectivity index (χ4n) is 1.27. The highest BCUT2D eigenvalue weighted by Crippen LogP contribution is 2.18. The standard InChI is InChI=1S/C9H10FN3/c10-7-3-1-2-4-8(7)13-6-5-9(11)12-13/h1-5,12H,6,11H2. The Morgan fingerprint density at radius 1 is 1.38 bits per heavy atom. The monoisotopic (exact) mass is 179 g/mol. The fraction of sp³-hybridized carbons (Fsp3) is 0.111. The Hall–Kier alpha value is -1.71. The lowest BCUT2D eigenvalue weighted by molar-refractivity contribution is 0.615. The van der Waals surface area contributed by atoms with Gasteiger partial charge in [0.1, 0.15) is 11.6 Å². The van der Waals surface area contributed by atoms with Gasteiger partial charge in [-0.1, -0.05) is 12.1 Å². The second kappa shape index (κ2) is 2.97. The molecular formula is C9H10FN3. The molecule has 2 rings (SSSR count). The Labute approximate surface area is 75.6 Å². The number of nitrogens with zero attached hydrogens (tertiary/aromatic N) is 1. The smallest absolute Gasteiger partial charge is 0.148 e. The number of hydrogen-bond donors (Lipinski definition) is 2. The lowest BCUT2D eigenvalue weighted by atomic mass is 10.3. The number of rotatable bonds is 1. The molecule has 1 heterocycles. The number of nitrogens with two attached hydrogens (primary N) is 1. The Balaban J connectivity index is 2.23. The first-order valence-corrected chi connectivity index (χ1v) is 4.02. The van der Waals surface area contributed by atoms with Crippen LogP contribution in [0.3, 0.4) is 0 Å². The van der Waals surface area contributed by atoms with Crippen LogP contribution in [0, 0.1) is 5.82 Å². The van der Waals surface area contributed by atoms with Crippen molar-refractivity contribution in [1.82, 2.24) is 5.43 Å². The third kappa shape index (κ3) is 1.42. The Kier molecular flexibility index (Phi) is 1.81. The molecule has 0 aromatic heterocycles. The van der Waals surface area contributed by atoms with E-state index in [1.165, 1.54) is 6.07 Å². The molecule has 0 spiro atoms. The molecule has 1 aromatic carbocycles. The average Bonchev–Trinajstić information content (AvgIpc) is 2.53. The predicted molar refractivity (Wildman–Crippen MR) is 49.2 cm³/mol. The van der Waals surface area contributed by atoms with E-state index in [-0.39, 0.29) is 5.82 Å². The molecule has 0 atom stereocenters. The van der Waals surface area contributed by atoms with Gasteiger partial charge in [-0.25, -0.2) is 4.39 Å². The van der Waals surface area contributed by atoms with Crippen LogP contribution in [-0.2, 0) is 0 Å². The molecule has 1 aliphatic rings. The summed E-state index contributed by atoms with van der Waals surface area (Å²) < 4.78 is 13.2. The molecule has 0 radical (unpaired) electrons. The largest absolute Gasteiger partial charge is 0.384 e. The average molecular weight is 179 g/mol. The Morgan fingerprint density at radius 3 is 2.77 bits per heavy atom. The molecule has 3 nitrogen and oxygen atoms in total. The number of hydrazine groups is 1. The molecule has 0 bridgehead atoms. The molecule has 0 amide bonds. The minimum Gasteiger partial charge on any atom is -0.384 e. The maximum Gasteiger partial charge on any atom is 0.148 e. The van der Waals surface area contributed by atoms with E-state index >= 15 is 0 Å². The minimum atomic E-state index is -0.252. The molecule has 0 aliphatic carbocycles. The van der Waals surface area contributed by atoms with E-state index in [4.69, 9.17) is 5.73 Å². The van der Waals surface area contributed by atoms with Crippen molar-refractivity contribution in [3.8, 4) is 0 Å². The lowest BCUT2D eigenvalue weighted by Gasteiger charge is -2.19. The third-order valence-electron chi connectivity index (χ3n) is 1.90. The van der Waals surface area contributed by atoms with Gasteiger partial charge in [0.05, 0.1) is 12.2 Å². The Morgan fingerprint density at radius 2 is 2.15 bits per heavy atom. The van der Waals surface area contributed by atoms with Gasteiger partial charge < -0.3 is 5.73 Å². The Bertz CT molecular complexity index is 348. The maximum atomic E-state index is 13.2. The van der Waals surface area contributed by atoms with Crippen molar-refractivity contribution in [2.45, 2.75) is 0 Å². The predicted octanol–water partition coefficient (Wildman–Crippen LogP) is 0.950. The van der Waals surface area contributed by atoms with Crippen molar-refractivity contribution >= 4 is 5.69 Å². The summed E-state index contributed by atoms with van der Waals surface area (Å²) in [4.78, 5) is 0. The van der Waals surface area contributed by atoms with Gasteiger partial charge in [-0.2, -0.15) is 0 Å². The number of anilines is 1. The van der Waals surface area contributed by atoms with Crippen LogP contribution in [-0.4, -0.2) is 6.54 Å². The minimum absolute atomic E-state index is 0.252. The summed E-state index contributed by atoms with van der Waals surface area (Å²) in [6, 6.07) is 6.57. The van der Waals surface area contributed by atoms with E-state index < -0.39 is 0 Å². The first-order chi connectivity index (χ1) is 6.27. The van der Waals surface area contributed by atoms with Crippen LogP contribution in [0.4, 0.5) is 10.1 Å². The van der Waals surface area contributed by atoms with Crippen molar-refractivity contribution in [2.24, 2.45) is 5.73 Å². The first kappa shape index (κ1) is 7.91. The van der Waals surface area contributed by atoms with Crippen LogP contribution in [0.1, 0.15) is 0 Å². The maximum absolute atomic E-state index is 13.2. The summed E-state index contributed by atoms with van der Waals surface area (Å²) in [5, 5.41) is 1.66.